The molecule has 0 aliphatic carbocycles. The van der Waals surface area contributed by atoms with Crippen LogP contribution in [0.15, 0.2) is 71.2 Å². The highest BCUT2D eigenvalue weighted by Crippen LogP contribution is 2.34. The van der Waals surface area contributed by atoms with Gasteiger partial charge >= 0.3 is 6.01 Å². The monoisotopic (exact) mass is 484 g/mol. The van der Waals surface area contributed by atoms with Crippen LogP contribution in [0.3, 0.4) is 0 Å². The van der Waals surface area contributed by atoms with E-state index in [1.807, 2.05) is 48.5 Å². The van der Waals surface area contributed by atoms with E-state index < -0.39 is 0 Å². The summed E-state index contributed by atoms with van der Waals surface area (Å²) in [5.41, 5.74) is 2.27. The maximum Gasteiger partial charge on any atom is 0.310 e. The highest BCUT2D eigenvalue weighted by molar-refractivity contribution is 9.10. The molecule has 5 nitrogen and oxygen atoms in total. The number of aromatic nitrogens is 4. The Bertz CT molecular complexity index is 1370. The lowest BCUT2D eigenvalue weighted by Gasteiger charge is -2.11. The van der Waals surface area contributed by atoms with Crippen LogP contribution in [-0.4, -0.2) is 19.6 Å². The van der Waals surface area contributed by atoms with Crippen molar-refractivity contribution in [1.29, 1.82) is 0 Å². The number of rotatable bonds is 3. The summed E-state index contributed by atoms with van der Waals surface area (Å²) in [4.78, 5) is 4.70. The zero-order valence-electron chi connectivity index (χ0n) is 14.7. The van der Waals surface area contributed by atoms with Crippen LogP contribution in [0.5, 0.6) is 11.8 Å². The number of nitrogens with zero attached hydrogens (tertiary/aromatic N) is 4. The number of para-hydroxylation sites is 1. The van der Waals surface area contributed by atoms with E-state index in [-0.39, 0.29) is 0 Å². The Morgan fingerprint density at radius 1 is 0.897 bits per heavy atom. The molecular weight excluding hydrogens is 475 g/mol. The maximum atomic E-state index is 6.31. The van der Waals surface area contributed by atoms with Gasteiger partial charge < -0.3 is 4.74 Å². The van der Waals surface area contributed by atoms with Gasteiger partial charge in [0.25, 0.3) is 0 Å². The van der Waals surface area contributed by atoms with Crippen molar-refractivity contribution in [3.63, 3.8) is 0 Å². The minimum absolute atomic E-state index is 0.311. The molecule has 2 heterocycles. The number of halogens is 3. The fourth-order valence-electron chi connectivity index (χ4n) is 3.06. The first-order valence-electron chi connectivity index (χ1n) is 8.63. The molecule has 2 aromatic heterocycles. The second kappa shape index (κ2) is 7.30. The smallest absolute Gasteiger partial charge is 0.310 e. The normalized spacial score (nSPS) is 11.3. The van der Waals surface area contributed by atoms with E-state index in [9.17, 15) is 0 Å². The van der Waals surface area contributed by atoms with E-state index in [4.69, 9.17) is 32.9 Å². The van der Waals surface area contributed by atoms with Crippen molar-refractivity contribution >= 4 is 55.7 Å². The van der Waals surface area contributed by atoms with Crippen LogP contribution >= 0.6 is 39.1 Å². The van der Waals surface area contributed by atoms with Crippen LogP contribution < -0.4 is 4.74 Å². The quantitative estimate of drug-likeness (QED) is 0.281. The molecule has 0 fully saturated rings. The summed E-state index contributed by atoms with van der Waals surface area (Å²) in [6, 6.07) is 20.9. The van der Waals surface area contributed by atoms with Crippen LogP contribution in [0.2, 0.25) is 10.0 Å². The van der Waals surface area contributed by atoms with Gasteiger partial charge in [-0.3, -0.25) is 0 Å². The van der Waals surface area contributed by atoms with Gasteiger partial charge in [-0.1, -0.05) is 63.4 Å². The van der Waals surface area contributed by atoms with Gasteiger partial charge in [0.15, 0.2) is 11.5 Å². The average molecular weight is 486 g/mol. The van der Waals surface area contributed by atoms with Gasteiger partial charge in [0.1, 0.15) is 5.75 Å². The third-order valence-corrected chi connectivity index (χ3v) is 5.47. The largest absolute Gasteiger partial charge is 0.424 e. The van der Waals surface area contributed by atoms with Crippen LogP contribution in [0.4, 0.5) is 0 Å². The number of benzene rings is 3. The summed E-state index contributed by atoms with van der Waals surface area (Å²) in [6.45, 7) is 0. The van der Waals surface area contributed by atoms with E-state index in [2.05, 4.69) is 26.1 Å². The molecule has 3 aromatic carbocycles. The molecule has 0 aliphatic rings. The summed E-state index contributed by atoms with van der Waals surface area (Å²) in [5, 5.41) is 10.6. The molecule has 0 aliphatic heterocycles. The minimum atomic E-state index is 0.311. The predicted molar refractivity (Wildman–Crippen MR) is 118 cm³/mol. The summed E-state index contributed by atoms with van der Waals surface area (Å²) >= 11 is 15.8. The Labute approximate surface area is 184 Å². The zero-order valence-corrected chi connectivity index (χ0v) is 17.8. The van der Waals surface area contributed by atoms with Crippen molar-refractivity contribution in [1.82, 2.24) is 19.6 Å². The molecule has 8 heteroatoms. The highest BCUT2D eigenvalue weighted by Gasteiger charge is 2.18. The maximum absolute atomic E-state index is 6.31. The van der Waals surface area contributed by atoms with Gasteiger partial charge in [0.05, 0.1) is 10.5 Å². The molecule has 142 valence electrons. The number of fused-ring (bicyclic) bond motifs is 3. The zero-order chi connectivity index (χ0) is 20.0. The first-order valence-corrected chi connectivity index (χ1v) is 10.2. The molecule has 0 radical (unpaired) electrons. The van der Waals surface area contributed by atoms with Gasteiger partial charge in [-0.2, -0.15) is 4.98 Å². The lowest BCUT2D eigenvalue weighted by molar-refractivity contribution is 0.438. The Balaban J connectivity index is 1.77. The number of hydrogen-bond acceptors (Lipinski definition) is 4. The van der Waals surface area contributed by atoms with Gasteiger partial charge in [-0.05, 0) is 42.5 Å². The van der Waals surface area contributed by atoms with Crippen molar-refractivity contribution in [2.24, 2.45) is 0 Å². The van der Waals surface area contributed by atoms with E-state index in [1.54, 1.807) is 22.6 Å². The molecule has 0 unspecified atom stereocenters. The Hall–Kier alpha value is -2.67. The first-order chi connectivity index (χ1) is 14.1. The molecule has 0 amide bonds. The third kappa shape index (κ3) is 3.33. The Kier molecular flexibility index (Phi) is 4.62. The van der Waals surface area contributed by atoms with Crippen LogP contribution in [-0.2, 0) is 0 Å². The second-order valence-electron chi connectivity index (χ2n) is 6.28. The minimum Gasteiger partial charge on any atom is -0.424 e. The van der Waals surface area contributed by atoms with Crippen molar-refractivity contribution in [2.75, 3.05) is 0 Å². The summed E-state index contributed by atoms with van der Waals surface area (Å²) in [7, 11) is 0. The molecule has 0 bridgehead atoms. The topological polar surface area (TPSA) is 52.3 Å². The van der Waals surface area contributed by atoms with E-state index in [1.165, 1.54) is 0 Å². The summed E-state index contributed by atoms with van der Waals surface area (Å²) in [5.74, 6) is 1.06. The molecule has 0 spiro atoms. The first kappa shape index (κ1) is 18.4. The van der Waals surface area contributed by atoms with Gasteiger partial charge in [-0.25, -0.2) is 4.40 Å². The lowest BCUT2D eigenvalue weighted by Crippen LogP contribution is -2.01. The Morgan fingerprint density at radius 3 is 2.48 bits per heavy atom. The van der Waals surface area contributed by atoms with E-state index in [0.717, 1.165) is 20.9 Å². The number of hydrogen-bond donors (Lipinski definition) is 0. The fourth-order valence-corrected chi connectivity index (χ4v) is 3.78. The van der Waals surface area contributed by atoms with Crippen LogP contribution in [0.1, 0.15) is 0 Å². The highest BCUT2D eigenvalue weighted by atomic mass is 79.9. The SMILES string of the molecule is Clc1ccc(Oc2nc3ccccc3c3nnc(-c4ccc(Br)cc4)n23)c(Cl)c1. The van der Waals surface area contributed by atoms with Crippen molar-refractivity contribution in [3.05, 3.63) is 81.2 Å². The third-order valence-electron chi connectivity index (χ3n) is 4.41. The van der Waals surface area contributed by atoms with Gasteiger partial charge in [-0.15, -0.1) is 10.2 Å². The molecular formula is C21H11BrCl2N4O. The van der Waals surface area contributed by atoms with Crippen LogP contribution in [0, 0.1) is 0 Å². The van der Waals surface area contributed by atoms with Crippen molar-refractivity contribution in [2.45, 2.75) is 0 Å². The van der Waals surface area contributed by atoms with E-state index in [0.29, 0.717) is 33.3 Å². The van der Waals surface area contributed by atoms with Gasteiger partial charge in [0.2, 0.25) is 0 Å². The fraction of sp³-hybridized carbons (Fsp3) is 0. The molecule has 5 rings (SSSR count). The Morgan fingerprint density at radius 2 is 1.69 bits per heavy atom. The summed E-state index contributed by atoms with van der Waals surface area (Å²) < 4.78 is 8.87. The standard InChI is InChI=1S/C21H11BrCl2N4O/c22-13-7-5-12(6-8-13)19-26-27-20-15-3-1-2-4-17(15)25-21(28(19)20)29-18-10-9-14(23)11-16(18)24/h1-11H. The molecule has 0 N–H and O–H groups in total. The van der Waals surface area contributed by atoms with Crippen LogP contribution in [0.25, 0.3) is 27.9 Å². The number of ether oxygens (including phenoxy) is 1. The molecule has 29 heavy (non-hydrogen) atoms. The summed E-state index contributed by atoms with van der Waals surface area (Å²) in [6.07, 6.45) is 0. The van der Waals surface area contributed by atoms with E-state index >= 15 is 0 Å². The molecule has 0 atom stereocenters. The van der Waals surface area contributed by atoms with Crippen molar-refractivity contribution in [3.8, 4) is 23.1 Å². The van der Waals surface area contributed by atoms with Crippen molar-refractivity contribution < 1.29 is 4.74 Å². The average Bonchev–Trinajstić information content (AvgIpc) is 3.16. The molecule has 0 saturated carbocycles. The molecule has 0 saturated heterocycles. The van der Waals surface area contributed by atoms with Gasteiger partial charge in [0, 0.05) is 20.4 Å². The predicted octanol–water partition coefficient (Wildman–Crippen LogP) is 6.81. The molecule has 5 aromatic rings. The lowest BCUT2D eigenvalue weighted by atomic mass is 10.2. The second-order valence-corrected chi connectivity index (χ2v) is 8.04.